The third-order valence-corrected chi connectivity index (χ3v) is 7.83. The maximum Gasteiger partial charge on any atom is 0.243 e. The van der Waals surface area contributed by atoms with Crippen LogP contribution in [0.4, 0.5) is 0 Å². The Morgan fingerprint density at radius 1 is 0.891 bits per heavy atom. The molecule has 0 aliphatic rings. The van der Waals surface area contributed by atoms with Crippen molar-refractivity contribution in [3.63, 3.8) is 0 Å². The number of aliphatic hydroxyl groups is 1. The molecule has 46 heavy (non-hydrogen) atoms. The minimum atomic E-state index is -0.566. The van der Waals surface area contributed by atoms with Crippen molar-refractivity contribution in [2.75, 3.05) is 13.2 Å². The molecule has 0 saturated heterocycles. The molecule has 4 N–H and O–H groups in total. The Balaban J connectivity index is 0.00000185. The lowest BCUT2D eigenvalue weighted by Crippen LogP contribution is -2.50. The summed E-state index contributed by atoms with van der Waals surface area (Å²) in [5, 5.41) is 19.5. The predicted octanol–water partition coefficient (Wildman–Crippen LogP) is 5.93. The summed E-state index contributed by atoms with van der Waals surface area (Å²) in [4.78, 5) is 30.4. The molecule has 8 heteroatoms. The van der Waals surface area contributed by atoms with Gasteiger partial charge in [0.1, 0.15) is 6.04 Å². The van der Waals surface area contributed by atoms with Crippen LogP contribution in [0.3, 0.4) is 0 Å². The molecule has 8 nitrogen and oxygen atoms in total. The van der Waals surface area contributed by atoms with Crippen LogP contribution in [0.5, 0.6) is 0 Å². The molecule has 0 saturated carbocycles. The number of carbonyl (C=O) groups is 2. The zero-order valence-corrected chi connectivity index (χ0v) is 27.5. The van der Waals surface area contributed by atoms with Crippen molar-refractivity contribution in [1.29, 1.82) is 0 Å². The normalized spacial score (nSPS) is 12.8. The van der Waals surface area contributed by atoms with E-state index in [1.54, 1.807) is 13.1 Å². The SMILES string of the molecule is CCC(C)C(NC(=O)CCCC(COCc1cccc2ccccc12)NCc1ccccn1)C(=O)NCc1ccccc1.CCO. The van der Waals surface area contributed by atoms with E-state index in [0.29, 0.717) is 39.1 Å². The van der Waals surface area contributed by atoms with Gasteiger partial charge in [-0.25, -0.2) is 0 Å². The van der Waals surface area contributed by atoms with Crippen molar-refractivity contribution in [2.24, 2.45) is 5.92 Å². The van der Waals surface area contributed by atoms with Gasteiger partial charge < -0.3 is 25.8 Å². The smallest absolute Gasteiger partial charge is 0.243 e. The Bertz CT molecular complexity index is 1430. The molecule has 0 fully saturated rings. The predicted molar refractivity (Wildman–Crippen MR) is 185 cm³/mol. The molecule has 3 unspecified atom stereocenters. The number of hydrogen-bond acceptors (Lipinski definition) is 6. The Morgan fingerprint density at radius 2 is 1.61 bits per heavy atom. The van der Waals surface area contributed by atoms with Gasteiger partial charge in [-0.05, 0) is 59.7 Å². The number of ether oxygens (including phenoxy) is 1. The highest BCUT2D eigenvalue weighted by atomic mass is 16.5. The summed E-state index contributed by atoms with van der Waals surface area (Å²) >= 11 is 0. The molecule has 1 aromatic heterocycles. The van der Waals surface area contributed by atoms with Crippen molar-refractivity contribution in [3.05, 3.63) is 114 Å². The van der Waals surface area contributed by atoms with Crippen LogP contribution in [-0.4, -0.2) is 47.2 Å². The van der Waals surface area contributed by atoms with Crippen LogP contribution >= 0.6 is 0 Å². The van der Waals surface area contributed by atoms with Gasteiger partial charge in [-0.2, -0.15) is 0 Å². The number of pyridine rings is 1. The van der Waals surface area contributed by atoms with E-state index in [9.17, 15) is 9.59 Å². The highest BCUT2D eigenvalue weighted by molar-refractivity contribution is 5.88. The van der Waals surface area contributed by atoms with Gasteiger partial charge in [-0.1, -0.05) is 99.1 Å². The second-order valence-electron chi connectivity index (χ2n) is 11.4. The molecule has 0 aliphatic heterocycles. The molecule has 3 atom stereocenters. The third kappa shape index (κ3) is 12.7. The fraction of sp³-hybridized carbons (Fsp3) is 0.395. The zero-order valence-electron chi connectivity index (χ0n) is 27.5. The van der Waals surface area contributed by atoms with Crippen LogP contribution in [0.25, 0.3) is 10.8 Å². The molecule has 0 spiro atoms. The van der Waals surface area contributed by atoms with E-state index >= 15 is 0 Å². The Morgan fingerprint density at radius 3 is 2.35 bits per heavy atom. The maximum atomic E-state index is 13.0. The van der Waals surface area contributed by atoms with Crippen LogP contribution in [-0.2, 0) is 34.0 Å². The van der Waals surface area contributed by atoms with E-state index in [1.165, 1.54) is 10.8 Å². The van der Waals surface area contributed by atoms with Crippen molar-refractivity contribution < 1.29 is 19.4 Å². The first-order chi connectivity index (χ1) is 22.4. The highest BCUT2D eigenvalue weighted by Crippen LogP contribution is 2.19. The number of benzene rings is 3. The van der Waals surface area contributed by atoms with Crippen LogP contribution in [0, 0.1) is 5.92 Å². The van der Waals surface area contributed by atoms with E-state index in [0.717, 1.165) is 29.7 Å². The molecule has 0 radical (unpaired) electrons. The second-order valence-corrected chi connectivity index (χ2v) is 11.4. The molecular weight excluding hydrogens is 576 g/mol. The number of aliphatic hydroxyl groups excluding tert-OH is 1. The number of rotatable bonds is 17. The van der Waals surface area contributed by atoms with Gasteiger partial charge in [-0.3, -0.25) is 14.6 Å². The molecule has 3 aromatic carbocycles. The highest BCUT2D eigenvalue weighted by Gasteiger charge is 2.25. The van der Waals surface area contributed by atoms with Crippen molar-refractivity contribution in [3.8, 4) is 0 Å². The Labute approximate surface area is 274 Å². The van der Waals surface area contributed by atoms with Crippen LogP contribution in [0.15, 0.2) is 97.2 Å². The molecule has 2 amide bonds. The summed E-state index contributed by atoms with van der Waals surface area (Å²) in [6.07, 6.45) is 4.34. The first kappa shape index (κ1) is 36.4. The van der Waals surface area contributed by atoms with Gasteiger partial charge in [0, 0.05) is 38.4 Å². The second kappa shape index (κ2) is 20.8. The average Bonchev–Trinajstić information content (AvgIpc) is 3.09. The summed E-state index contributed by atoms with van der Waals surface area (Å²) in [5.41, 5.74) is 3.14. The zero-order chi connectivity index (χ0) is 33.0. The number of carbonyl (C=O) groups excluding carboxylic acids is 2. The van der Waals surface area contributed by atoms with Crippen LogP contribution in [0.2, 0.25) is 0 Å². The quantitative estimate of drug-likeness (QED) is 0.116. The standard InChI is InChI=1S/C36H44N4O3.C2H6O/c1-3-27(2)35(36(42)39-23-28-13-5-4-6-14-28)40-34(41)21-12-19-32(38-24-31-18-9-10-22-37-31)26-43-25-30-17-11-16-29-15-7-8-20-33(29)30;1-2-3/h4-11,13-18,20,22,27,32,35,38H,3,12,19,21,23-26H2,1-2H3,(H,39,42)(H,40,41);3H,2H2,1H3. The lowest BCUT2D eigenvalue weighted by molar-refractivity contribution is -0.130. The Kier molecular flexibility index (Phi) is 16.5. The molecule has 0 bridgehead atoms. The van der Waals surface area contributed by atoms with Crippen molar-refractivity contribution >= 4 is 22.6 Å². The number of hydrogen-bond donors (Lipinski definition) is 4. The van der Waals surface area contributed by atoms with Crippen LogP contribution in [0.1, 0.15) is 63.3 Å². The molecule has 246 valence electrons. The van der Waals surface area contributed by atoms with E-state index in [2.05, 4.69) is 51.3 Å². The molecule has 4 aromatic rings. The molecule has 1 heterocycles. The van der Waals surface area contributed by atoms with Gasteiger partial charge in [0.05, 0.1) is 18.9 Å². The van der Waals surface area contributed by atoms with Gasteiger partial charge in [0.25, 0.3) is 0 Å². The number of amides is 2. The van der Waals surface area contributed by atoms with Crippen molar-refractivity contribution in [2.45, 2.75) is 78.2 Å². The molecule has 4 rings (SSSR count). The van der Waals surface area contributed by atoms with Gasteiger partial charge in [-0.15, -0.1) is 0 Å². The summed E-state index contributed by atoms with van der Waals surface area (Å²) in [7, 11) is 0. The first-order valence-electron chi connectivity index (χ1n) is 16.3. The lowest BCUT2D eigenvalue weighted by atomic mass is 9.97. The summed E-state index contributed by atoms with van der Waals surface area (Å²) in [5.74, 6) is -0.237. The molecular formula is C38H50N4O4. The monoisotopic (exact) mass is 626 g/mol. The number of fused-ring (bicyclic) bond motifs is 1. The molecule has 0 aliphatic carbocycles. The van der Waals surface area contributed by atoms with Gasteiger partial charge in [0.15, 0.2) is 0 Å². The fourth-order valence-electron chi connectivity index (χ4n) is 5.08. The van der Waals surface area contributed by atoms with Gasteiger partial charge >= 0.3 is 0 Å². The van der Waals surface area contributed by atoms with E-state index in [1.807, 2.05) is 74.5 Å². The van der Waals surface area contributed by atoms with E-state index < -0.39 is 6.04 Å². The minimum absolute atomic E-state index is 0.0231. The largest absolute Gasteiger partial charge is 0.397 e. The summed E-state index contributed by atoms with van der Waals surface area (Å²) in [6, 6.07) is 29.7. The van der Waals surface area contributed by atoms with Crippen LogP contribution < -0.4 is 16.0 Å². The number of aromatic nitrogens is 1. The van der Waals surface area contributed by atoms with E-state index in [4.69, 9.17) is 9.84 Å². The van der Waals surface area contributed by atoms with E-state index in [-0.39, 0.29) is 30.4 Å². The fourth-order valence-corrected chi connectivity index (χ4v) is 5.08. The topological polar surface area (TPSA) is 113 Å². The van der Waals surface area contributed by atoms with Crippen molar-refractivity contribution in [1.82, 2.24) is 20.9 Å². The summed E-state index contributed by atoms with van der Waals surface area (Å²) in [6.45, 7) is 8.04. The maximum absolute atomic E-state index is 13.0. The first-order valence-corrected chi connectivity index (χ1v) is 16.3. The summed E-state index contributed by atoms with van der Waals surface area (Å²) < 4.78 is 6.20. The number of nitrogens with zero attached hydrogens (tertiary/aromatic N) is 1. The van der Waals surface area contributed by atoms with Gasteiger partial charge in [0.2, 0.25) is 11.8 Å². The lowest BCUT2D eigenvalue weighted by Gasteiger charge is -2.24. The average molecular weight is 627 g/mol. The minimum Gasteiger partial charge on any atom is -0.397 e. The third-order valence-electron chi connectivity index (χ3n) is 7.83. The Hall–Kier alpha value is -4.11. The number of nitrogens with one attached hydrogen (secondary N) is 3.